The van der Waals surface area contributed by atoms with Gasteiger partial charge in [0.1, 0.15) is 12.2 Å². The highest BCUT2D eigenvalue weighted by Crippen LogP contribution is 2.24. The van der Waals surface area contributed by atoms with E-state index in [4.69, 9.17) is 14.2 Å². The number of hydrogen-bond donors (Lipinski definition) is 3. The third-order valence-electron chi connectivity index (χ3n) is 3.68. The lowest BCUT2D eigenvalue weighted by molar-refractivity contribution is -0.229. The molecule has 0 aromatic heterocycles. The molecule has 134 valence electrons. The fourth-order valence-electron chi connectivity index (χ4n) is 2.54. The number of rotatable bonds is 5. The zero-order valence-corrected chi connectivity index (χ0v) is 13.8. The first-order valence-corrected chi connectivity index (χ1v) is 7.87. The summed E-state index contributed by atoms with van der Waals surface area (Å²) in [5.41, 5.74) is 0.378. The SMILES string of the molecule is CC(C)(O)OC1C[C@H](O)C(CO)OCC1OC(=O)c1ccccc1. The molecule has 1 aliphatic rings. The molecule has 3 N–H and O–H groups in total. The van der Waals surface area contributed by atoms with Crippen molar-refractivity contribution in [2.75, 3.05) is 13.2 Å². The second-order valence-corrected chi connectivity index (χ2v) is 6.27. The number of esters is 1. The Labute approximate surface area is 140 Å². The smallest absolute Gasteiger partial charge is 0.338 e. The van der Waals surface area contributed by atoms with Crippen molar-refractivity contribution in [2.45, 2.75) is 50.5 Å². The van der Waals surface area contributed by atoms with Gasteiger partial charge < -0.3 is 29.5 Å². The highest BCUT2D eigenvalue weighted by Gasteiger charge is 2.38. The van der Waals surface area contributed by atoms with Crippen LogP contribution in [0.4, 0.5) is 0 Å². The number of carbonyl (C=O) groups excluding carboxylic acids is 1. The van der Waals surface area contributed by atoms with Crippen molar-refractivity contribution < 1.29 is 34.3 Å². The molecule has 7 heteroatoms. The fraction of sp³-hybridized carbons (Fsp3) is 0.588. The van der Waals surface area contributed by atoms with Gasteiger partial charge in [-0.2, -0.15) is 0 Å². The van der Waals surface area contributed by atoms with E-state index < -0.39 is 36.2 Å². The molecule has 0 aliphatic carbocycles. The summed E-state index contributed by atoms with van der Waals surface area (Å²) in [6, 6.07) is 8.47. The minimum atomic E-state index is -1.47. The van der Waals surface area contributed by atoms with Gasteiger partial charge in [-0.05, 0) is 26.0 Å². The van der Waals surface area contributed by atoms with Crippen molar-refractivity contribution in [1.29, 1.82) is 0 Å². The van der Waals surface area contributed by atoms with Gasteiger partial charge in [0, 0.05) is 6.42 Å². The first kappa shape index (κ1) is 18.8. The average molecular weight is 340 g/mol. The average Bonchev–Trinajstić information content (AvgIpc) is 2.66. The van der Waals surface area contributed by atoms with Crippen LogP contribution in [0.1, 0.15) is 30.6 Å². The summed E-state index contributed by atoms with van der Waals surface area (Å²) in [6.07, 6.45) is -3.33. The first-order chi connectivity index (χ1) is 11.3. The van der Waals surface area contributed by atoms with Crippen molar-refractivity contribution in [1.82, 2.24) is 0 Å². The van der Waals surface area contributed by atoms with Gasteiger partial charge in [-0.3, -0.25) is 0 Å². The van der Waals surface area contributed by atoms with Gasteiger partial charge in [0.25, 0.3) is 0 Å². The maximum atomic E-state index is 12.3. The Morgan fingerprint density at radius 1 is 1.29 bits per heavy atom. The lowest BCUT2D eigenvalue weighted by Crippen LogP contribution is -2.42. The Balaban J connectivity index is 2.14. The zero-order chi connectivity index (χ0) is 17.7. The topological polar surface area (TPSA) is 105 Å². The third kappa shape index (κ3) is 5.25. The maximum absolute atomic E-state index is 12.3. The van der Waals surface area contributed by atoms with Gasteiger partial charge in [-0.15, -0.1) is 0 Å². The van der Waals surface area contributed by atoms with Gasteiger partial charge in [-0.1, -0.05) is 18.2 Å². The van der Waals surface area contributed by atoms with Gasteiger partial charge in [0.2, 0.25) is 0 Å². The summed E-state index contributed by atoms with van der Waals surface area (Å²) in [6.45, 7) is 2.48. The Bertz CT molecular complexity index is 525. The monoisotopic (exact) mass is 340 g/mol. The molecular weight excluding hydrogens is 316 g/mol. The van der Waals surface area contributed by atoms with Crippen LogP contribution in [-0.4, -0.2) is 64.7 Å². The van der Waals surface area contributed by atoms with E-state index in [0.717, 1.165) is 0 Å². The van der Waals surface area contributed by atoms with Crippen LogP contribution in [0.3, 0.4) is 0 Å². The van der Waals surface area contributed by atoms with E-state index in [1.807, 2.05) is 0 Å². The summed E-state index contributed by atoms with van der Waals surface area (Å²) in [5, 5.41) is 29.3. The van der Waals surface area contributed by atoms with E-state index in [0.29, 0.717) is 5.56 Å². The van der Waals surface area contributed by atoms with Crippen LogP contribution in [0.5, 0.6) is 0 Å². The number of ether oxygens (including phenoxy) is 3. The number of benzene rings is 1. The summed E-state index contributed by atoms with van der Waals surface area (Å²) in [4.78, 5) is 12.3. The predicted molar refractivity (Wildman–Crippen MR) is 84.3 cm³/mol. The Hall–Kier alpha value is -1.51. The van der Waals surface area contributed by atoms with Crippen molar-refractivity contribution in [3.05, 3.63) is 35.9 Å². The third-order valence-corrected chi connectivity index (χ3v) is 3.68. The van der Waals surface area contributed by atoms with E-state index >= 15 is 0 Å². The van der Waals surface area contributed by atoms with Gasteiger partial charge >= 0.3 is 5.97 Å². The molecule has 0 radical (unpaired) electrons. The van der Waals surface area contributed by atoms with Crippen molar-refractivity contribution in [2.24, 2.45) is 0 Å². The van der Waals surface area contributed by atoms with Crippen molar-refractivity contribution in [3.8, 4) is 0 Å². The van der Waals surface area contributed by atoms with Gasteiger partial charge in [0.05, 0.1) is 24.9 Å². The molecule has 7 nitrogen and oxygen atoms in total. The van der Waals surface area contributed by atoms with Gasteiger partial charge in [-0.25, -0.2) is 4.79 Å². The summed E-state index contributed by atoms with van der Waals surface area (Å²) >= 11 is 0. The van der Waals surface area contributed by atoms with Crippen LogP contribution < -0.4 is 0 Å². The second-order valence-electron chi connectivity index (χ2n) is 6.27. The van der Waals surface area contributed by atoms with Gasteiger partial charge in [0.15, 0.2) is 11.9 Å². The fourth-order valence-corrected chi connectivity index (χ4v) is 2.54. The minimum absolute atomic E-state index is 0.0540. The number of hydrogen-bond acceptors (Lipinski definition) is 7. The van der Waals surface area contributed by atoms with E-state index in [1.165, 1.54) is 13.8 Å². The molecule has 1 saturated heterocycles. The molecule has 1 aliphatic heterocycles. The number of aliphatic hydroxyl groups is 3. The lowest BCUT2D eigenvalue weighted by Gasteiger charge is -2.30. The summed E-state index contributed by atoms with van der Waals surface area (Å²) in [5.74, 6) is -2.02. The molecule has 1 fully saturated rings. The molecule has 3 unspecified atom stereocenters. The molecule has 0 bridgehead atoms. The Morgan fingerprint density at radius 3 is 2.54 bits per heavy atom. The number of carbonyl (C=O) groups is 1. The van der Waals surface area contributed by atoms with Crippen LogP contribution >= 0.6 is 0 Å². The predicted octanol–water partition coefficient (Wildman–Crippen LogP) is 0.468. The minimum Gasteiger partial charge on any atom is -0.454 e. The zero-order valence-electron chi connectivity index (χ0n) is 13.8. The largest absolute Gasteiger partial charge is 0.454 e. The molecule has 0 saturated carbocycles. The molecule has 24 heavy (non-hydrogen) atoms. The molecule has 1 heterocycles. The summed E-state index contributed by atoms with van der Waals surface area (Å²) < 4.78 is 16.4. The van der Waals surface area contributed by atoms with Crippen molar-refractivity contribution >= 4 is 5.97 Å². The molecule has 1 aromatic carbocycles. The van der Waals surface area contributed by atoms with Crippen LogP contribution in [-0.2, 0) is 14.2 Å². The quantitative estimate of drug-likeness (QED) is 0.528. The van der Waals surface area contributed by atoms with E-state index in [2.05, 4.69) is 0 Å². The Kier molecular flexibility index (Phi) is 6.31. The highest BCUT2D eigenvalue weighted by molar-refractivity contribution is 5.89. The Morgan fingerprint density at radius 2 is 1.96 bits per heavy atom. The van der Waals surface area contributed by atoms with E-state index in [9.17, 15) is 20.1 Å². The molecular formula is C17H24O7. The van der Waals surface area contributed by atoms with Crippen LogP contribution in [0.15, 0.2) is 30.3 Å². The van der Waals surface area contributed by atoms with Crippen molar-refractivity contribution in [3.63, 3.8) is 0 Å². The second kappa shape index (κ2) is 8.04. The molecule has 1 aromatic rings. The molecule has 2 rings (SSSR count). The summed E-state index contributed by atoms with van der Waals surface area (Å²) in [7, 11) is 0. The van der Waals surface area contributed by atoms with Crippen LogP contribution in [0, 0.1) is 0 Å². The van der Waals surface area contributed by atoms with E-state index in [-0.39, 0.29) is 19.6 Å². The molecule has 0 amide bonds. The first-order valence-electron chi connectivity index (χ1n) is 7.87. The van der Waals surface area contributed by atoms with E-state index in [1.54, 1.807) is 30.3 Å². The molecule has 4 atom stereocenters. The van der Waals surface area contributed by atoms with Crippen LogP contribution in [0.2, 0.25) is 0 Å². The lowest BCUT2D eigenvalue weighted by atomic mass is 10.0. The normalized spacial score (nSPS) is 28.2. The standard InChI is InChI=1S/C17H24O7/c1-17(2,21)24-13-8-12(19)14(9-18)22-10-15(13)23-16(20)11-6-4-3-5-7-11/h3-7,12-15,18-19,21H,8-10H2,1-2H3/t12-,13?,14?,15?/m0/s1. The highest BCUT2D eigenvalue weighted by atomic mass is 16.7. The van der Waals surface area contributed by atoms with Crippen LogP contribution in [0.25, 0.3) is 0 Å². The number of aliphatic hydroxyl groups excluding tert-OH is 2. The maximum Gasteiger partial charge on any atom is 0.338 e. The molecule has 0 spiro atoms.